The van der Waals surface area contributed by atoms with Gasteiger partial charge in [0, 0.05) is 6.20 Å². The molecule has 2 rings (SSSR count). The molecule has 0 spiro atoms. The molecule has 0 radical (unpaired) electrons. The van der Waals surface area contributed by atoms with E-state index in [4.69, 9.17) is 11.0 Å². The Kier molecular flexibility index (Phi) is 2.66. The summed E-state index contributed by atoms with van der Waals surface area (Å²) in [5.41, 5.74) is 4.16. The standard InChI is InChI=1S/C11H10N2O4/c12-11(7-14,10(15)17-16)13-6-5-8-3-1-2-4-9(8)13/h1-7,16H,12H2/t11-/m1/s1. The molecule has 3 N–H and O–H groups in total. The van der Waals surface area contributed by atoms with Gasteiger partial charge in [-0.15, -0.1) is 0 Å². The maximum absolute atomic E-state index is 11.4. The molecule has 0 unspecified atom stereocenters. The second kappa shape index (κ2) is 4.00. The van der Waals surface area contributed by atoms with Crippen LogP contribution in [0, 0.1) is 0 Å². The predicted octanol–water partition coefficient (Wildman–Crippen LogP) is 0.468. The van der Waals surface area contributed by atoms with E-state index in [1.54, 1.807) is 24.3 Å². The van der Waals surface area contributed by atoms with Gasteiger partial charge in [-0.1, -0.05) is 18.2 Å². The lowest BCUT2D eigenvalue weighted by atomic mass is 10.2. The fourth-order valence-electron chi connectivity index (χ4n) is 1.68. The molecule has 0 saturated carbocycles. The van der Waals surface area contributed by atoms with Crippen molar-refractivity contribution >= 4 is 23.2 Å². The number of carbonyl (C=O) groups excluding carboxylic acids is 2. The Morgan fingerprint density at radius 2 is 2.12 bits per heavy atom. The second-order valence-corrected chi connectivity index (χ2v) is 3.57. The second-order valence-electron chi connectivity index (χ2n) is 3.57. The number of para-hydroxylation sites is 1. The summed E-state index contributed by atoms with van der Waals surface area (Å²) < 4.78 is 1.24. The predicted molar refractivity (Wildman–Crippen MR) is 58.9 cm³/mol. The number of rotatable bonds is 3. The lowest BCUT2D eigenvalue weighted by Crippen LogP contribution is -2.52. The molecule has 1 aromatic heterocycles. The number of hydrogen-bond donors (Lipinski definition) is 2. The van der Waals surface area contributed by atoms with Crippen LogP contribution < -0.4 is 5.73 Å². The van der Waals surface area contributed by atoms with Gasteiger partial charge in [-0.05, 0) is 17.5 Å². The number of nitrogens with zero attached hydrogens (tertiary/aromatic N) is 1. The average molecular weight is 234 g/mol. The SMILES string of the molecule is N[C@@](C=O)(C(=O)OO)n1ccc2ccccc21. The smallest absolute Gasteiger partial charge is 0.313 e. The van der Waals surface area contributed by atoms with Crippen LogP contribution in [-0.4, -0.2) is 22.1 Å². The van der Waals surface area contributed by atoms with Crippen molar-refractivity contribution < 1.29 is 19.7 Å². The van der Waals surface area contributed by atoms with Crippen LogP contribution in [0.15, 0.2) is 36.5 Å². The van der Waals surface area contributed by atoms with E-state index in [0.717, 1.165) is 5.39 Å². The normalized spacial score (nSPS) is 14.2. The number of benzene rings is 1. The summed E-state index contributed by atoms with van der Waals surface area (Å²) in [4.78, 5) is 25.9. The Hall–Kier alpha value is -2.18. The summed E-state index contributed by atoms with van der Waals surface area (Å²) >= 11 is 0. The van der Waals surface area contributed by atoms with Crippen LogP contribution >= 0.6 is 0 Å². The topological polar surface area (TPSA) is 94.6 Å². The highest BCUT2D eigenvalue weighted by atomic mass is 17.1. The van der Waals surface area contributed by atoms with Crippen molar-refractivity contribution in [1.29, 1.82) is 0 Å². The minimum absolute atomic E-state index is 0.220. The van der Waals surface area contributed by atoms with E-state index in [1.165, 1.54) is 10.8 Å². The molecule has 0 saturated heterocycles. The molecule has 0 amide bonds. The van der Waals surface area contributed by atoms with Gasteiger partial charge in [0.2, 0.25) is 0 Å². The van der Waals surface area contributed by atoms with Gasteiger partial charge in [0.15, 0.2) is 6.29 Å². The van der Waals surface area contributed by atoms with Crippen molar-refractivity contribution in [1.82, 2.24) is 4.57 Å². The van der Waals surface area contributed by atoms with Crippen LogP contribution in [0.1, 0.15) is 0 Å². The van der Waals surface area contributed by atoms with Crippen LogP contribution in [0.3, 0.4) is 0 Å². The van der Waals surface area contributed by atoms with Gasteiger partial charge in [-0.2, -0.15) is 5.26 Å². The van der Waals surface area contributed by atoms with Crippen molar-refractivity contribution in [2.24, 2.45) is 5.73 Å². The molecule has 6 nitrogen and oxygen atoms in total. The lowest BCUT2D eigenvalue weighted by Gasteiger charge is -2.21. The first kappa shape index (κ1) is 11.3. The monoisotopic (exact) mass is 234 g/mol. The zero-order chi connectivity index (χ0) is 12.5. The first-order chi connectivity index (χ1) is 8.13. The summed E-state index contributed by atoms with van der Waals surface area (Å²) in [7, 11) is 0. The highest BCUT2D eigenvalue weighted by Crippen LogP contribution is 2.20. The Morgan fingerprint density at radius 1 is 1.41 bits per heavy atom. The van der Waals surface area contributed by atoms with Gasteiger partial charge in [0.1, 0.15) is 0 Å². The molecule has 0 aliphatic carbocycles. The first-order valence-corrected chi connectivity index (χ1v) is 4.81. The number of carbonyl (C=O) groups is 2. The highest BCUT2D eigenvalue weighted by molar-refractivity contribution is 5.97. The zero-order valence-corrected chi connectivity index (χ0v) is 8.74. The Labute approximate surface area is 96.1 Å². The van der Waals surface area contributed by atoms with E-state index in [1.807, 2.05) is 6.07 Å². The van der Waals surface area contributed by atoms with E-state index < -0.39 is 11.6 Å². The molecule has 0 bridgehead atoms. The summed E-state index contributed by atoms with van der Waals surface area (Å²) in [6, 6.07) is 8.77. The quantitative estimate of drug-likeness (QED) is 0.348. The van der Waals surface area contributed by atoms with Crippen molar-refractivity contribution in [3.8, 4) is 0 Å². The van der Waals surface area contributed by atoms with Crippen molar-refractivity contribution in [2.75, 3.05) is 0 Å². The largest absolute Gasteiger partial charge is 0.389 e. The summed E-state index contributed by atoms with van der Waals surface area (Å²) in [5, 5.41) is 9.19. The molecule has 1 aromatic carbocycles. The molecule has 2 aromatic rings. The molecule has 88 valence electrons. The van der Waals surface area contributed by atoms with E-state index >= 15 is 0 Å². The number of hydrogen-bond acceptors (Lipinski definition) is 5. The minimum Gasteiger partial charge on any atom is -0.313 e. The molecule has 0 aliphatic heterocycles. The fourth-order valence-corrected chi connectivity index (χ4v) is 1.68. The van der Waals surface area contributed by atoms with Gasteiger partial charge in [-0.25, -0.2) is 4.79 Å². The third kappa shape index (κ3) is 1.59. The maximum atomic E-state index is 11.4. The zero-order valence-electron chi connectivity index (χ0n) is 8.74. The fraction of sp³-hybridized carbons (Fsp3) is 0.0909. The molecular formula is C11H10N2O4. The molecule has 0 fully saturated rings. The summed E-state index contributed by atoms with van der Waals surface area (Å²) in [5.74, 6) is -1.24. The maximum Gasteiger partial charge on any atom is 0.389 e. The van der Waals surface area contributed by atoms with Crippen LogP contribution in [0.4, 0.5) is 0 Å². The van der Waals surface area contributed by atoms with Gasteiger partial charge in [-0.3, -0.25) is 15.4 Å². The third-order valence-corrected chi connectivity index (χ3v) is 2.59. The Bertz CT molecular complexity index is 578. The van der Waals surface area contributed by atoms with Crippen LogP contribution in [0.5, 0.6) is 0 Å². The summed E-state index contributed by atoms with van der Waals surface area (Å²) in [6.45, 7) is 0. The van der Waals surface area contributed by atoms with Crippen LogP contribution in [0.25, 0.3) is 10.9 Å². The van der Waals surface area contributed by atoms with Crippen molar-refractivity contribution in [2.45, 2.75) is 5.66 Å². The van der Waals surface area contributed by atoms with Gasteiger partial charge in [0.25, 0.3) is 5.66 Å². The van der Waals surface area contributed by atoms with E-state index in [-0.39, 0.29) is 6.29 Å². The van der Waals surface area contributed by atoms with Crippen LogP contribution in [-0.2, 0) is 20.1 Å². The Morgan fingerprint density at radius 3 is 2.76 bits per heavy atom. The number of aromatic nitrogens is 1. The molecule has 1 atom stereocenters. The molecular weight excluding hydrogens is 224 g/mol. The van der Waals surface area contributed by atoms with E-state index in [2.05, 4.69) is 4.89 Å². The molecule has 0 aliphatic rings. The number of nitrogens with two attached hydrogens (primary N) is 1. The molecule has 1 heterocycles. The van der Waals surface area contributed by atoms with E-state index in [0.29, 0.717) is 5.52 Å². The first-order valence-electron chi connectivity index (χ1n) is 4.81. The number of aldehydes is 1. The van der Waals surface area contributed by atoms with Gasteiger partial charge < -0.3 is 4.57 Å². The van der Waals surface area contributed by atoms with E-state index in [9.17, 15) is 9.59 Å². The minimum atomic E-state index is -2.07. The van der Waals surface area contributed by atoms with Crippen molar-refractivity contribution in [3.63, 3.8) is 0 Å². The summed E-state index contributed by atoms with van der Waals surface area (Å²) in [6.07, 6.45) is 1.70. The van der Waals surface area contributed by atoms with Crippen LogP contribution in [0.2, 0.25) is 0 Å². The third-order valence-electron chi connectivity index (χ3n) is 2.59. The highest BCUT2D eigenvalue weighted by Gasteiger charge is 2.39. The van der Waals surface area contributed by atoms with Gasteiger partial charge >= 0.3 is 5.97 Å². The lowest BCUT2D eigenvalue weighted by molar-refractivity contribution is -0.242. The Balaban J connectivity index is 2.66. The number of fused-ring (bicyclic) bond motifs is 1. The molecule has 6 heteroatoms. The average Bonchev–Trinajstić information content (AvgIpc) is 2.81. The van der Waals surface area contributed by atoms with Gasteiger partial charge in [0.05, 0.1) is 5.52 Å². The van der Waals surface area contributed by atoms with Crippen molar-refractivity contribution in [3.05, 3.63) is 36.5 Å². The molecule has 17 heavy (non-hydrogen) atoms.